The van der Waals surface area contributed by atoms with E-state index in [1.807, 2.05) is 18.2 Å². The molecule has 3 heterocycles. The second-order valence-corrected chi connectivity index (χ2v) is 9.19. The molecule has 3 aliphatic rings. The number of aromatic nitrogens is 1. The smallest absolute Gasteiger partial charge is 0.255 e. The van der Waals surface area contributed by atoms with Crippen LogP contribution in [0.2, 0.25) is 0 Å². The van der Waals surface area contributed by atoms with Gasteiger partial charge in [-0.2, -0.15) is 0 Å². The molecule has 4 nitrogen and oxygen atoms in total. The van der Waals surface area contributed by atoms with E-state index in [1.54, 1.807) is 18.3 Å². The van der Waals surface area contributed by atoms with Crippen LogP contribution in [-0.2, 0) is 6.42 Å². The lowest BCUT2D eigenvalue weighted by atomic mass is 9.71. The third kappa shape index (κ3) is 3.25. The number of rotatable bonds is 3. The van der Waals surface area contributed by atoms with Gasteiger partial charge in [-0.1, -0.05) is 38.0 Å². The van der Waals surface area contributed by atoms with Crippen molar-refractivity contribution in [1.29, 1.82) is 0 Å². The second-order valence-electron chi connectivity index (χ2n) is 9.19. The molecule has 1 aromatic carbocycles. The van der Waals surface area contributed by atoms with Crippen molar-refractivity contribution in [2.75, 3.05) is 6.54 Å². The number of halogens is 1. The van der Waals surface area contributed by atoms with Crippen LogP contribution >= 0.6 is 0 Å². The molecule has 29 heavy (non-hydrogen) atoms. The highest BCUT2D eigenvalue weighted by molar-refractivity contribution is 5.94. The van der Waals surface area contributed by atoms with E-state index in [0.29, 0.717) is 35.7 Å². The van der Waals surface area contributed by atoms with Crippen molar-refractivity contribution in [3.05, 3.63) is 65.2 Å². The number of likely N-dealkylation sites (tertiary alicyclic amines) is 1. The highest BCUT2D eigenvalue weighted by atomic mass is 19.1. The van der Waals surface area contributed by atoms with Gasteiger partial charge in [-0.05, 0) is 43.0 Å². The van der Waals surface area contributed by atoms with Gasteiger partial charge in [0.1, 0.15) is 5.82 Å². The maximum absolute atomic E-state index is 13.9. The number of carbonyl (C=O) groups excluding carboxylic acids is 1. The molecule has 5 rings (SSSR count). The number of benzene rings is 1. The van der Waals surface area contributed by atoms with Crippen molar-refractivity contribution in [3.63, 3.8) is 0 Å². The number of fused-ring (bicyclic) bond motifs is 1. The first-order valence-corrected chi connectivity index (χ1v) is 10.8. The van der Waals surface area contributed by atoms with Crippen LogP contribution in [0.3, 0.4) is 0 Å². The van der Waals surface area contributed by atoms with Crippen molar-refractivity contribution in [2.24, 2.45) is 5.41 Å². The Balaban J connectivity index is 1.36. The average molecular weight is 394 g/mol. The third-order valence-corrected chi connectivity index (χ3v) is 7.36. The minimum atomic E-state index is -0.220. The molecular weight excluding hydrogens is 365 g/mol. The van der Waals surface area contributed by atoms with Gasteiger partial charge in [0.2, 0.25) is 0 Å². The third-order valence-electron chi connectivity index (χ3n) is 7.36. The summed E-state index contributed by atoms with van der Waals surface area (Å²) in [6.45, 7) is 3.16. The molecule has 1 N–H and O–H groups in total. The van der Waals surface area contributed by atoms with Crippen LogP contribution in [0.4, 0.5) is 4.39 Å². The van der Waals surface area contributed by atoms with Gasteiger partial charge in [-0.25, -0.2) is 4.39 Å². The molecule has 0 unspecified atom stereocenters. The van der Waals surface area contributed by atoms with Crippen LogP contribution in [0, 0.1) is 11.2 Å². The van der Waals surface area contributed by atoms with E-state index in [-0.39, 0.29) is 17.1 Å². The normalized spacial score (nSPS) is 30.8. The van der Waals surface area contributed by atoms with Crippen molar-refractivity contribution < 1.29 is 9.18 Å². The summed E-state index contributed by atoms with van der Waals surface area (Å²) in [7, 11) is 0. The summed E-state index contributed by atoms with van der Waals surface area (Å²) in [4.78, 5) is 20.0. The lowest BCUT2D eigenvalue weighted by Gasteiger charge is -2.46. The van der Waals surface area contributed by atoms with Crippen LogP contribution in [0.1, 0.15) is 60.6 Å². The Kier molecular flexibility index (Phi) is 4.66. The molecule has 1 aromatic heterocycles. The Bertz CT molecular complexity index is 915. The van der Waals surface area contributed by atoms with Gasteiger partial charge in [0.25, 0.3) is 5.91 Å². The summed E-state index contributed by atoms with van der Waals surface area (Å²) in [5, 5.41) is 3.80. The fraction of sp³-hybridized carbons (Fsp3) is 0.500. The fourth-order valence-electron chi connectivity index (χ4n) is 5.88. The summed E-state index contributed by atoms with van der Waals surface area (Å²) in [6.07, 6.45) is 8.01. The summed E-state index contributed by atoms with van der Waals surface area (Å²) >= 11 is 0. The Morgan fingerprint density at radius 2 is 2.07 bits per heavy atom. The molecule has 3 fully saturated rings. The van der Waals surface area contributed by atoms with Gasteiger partial charge in [0.15, 0.2) is 0 Å². The summed E-state index contributed by atoms with van der Waals surface area (Å²) in [6, 6.07) is 11.7. The zero-order chi connectivity index (χ0) is 20.0. The fourth-order valence-corrected chi connectivity index (χ4v) is 5.88. The number of nitrogens with zero attached hydrogens (tertiary/aromatic N) is 2. The topological polar surface area (TPSA) is 45.2 Å². The van der Waals surface area contributed by atoms with E-state index in [4.69, 9.17) is 0 Å². The van der Waals surface area contributed by atoms with Crippen LogP contribution in [0.25, 0.3) is 0 Å². The van der Waals surface area contributed by atoms with Gasteiger partial charge < -0.3 is 10.2 Å². The molecule has 0 radical (unpaired) electrons. The van der Waals surface area contributed by atoms with Crippen molar-refractivity contribution in [1.82, 2.24) is 15.2 Å². The molecule has 152 valence electrons. The molecule has 2 aromatic rings. The number of hydrogen-bond acceptors (Lipinski definition) is 3. The van der Waals surface area contributed by atoms with Gasteiger partial charge in [0.05, 0.1) is 5.56 Å². The van der Waals surface area contributed by atoms with E-state index in [1.165, 1.54) is 31.7 Å². The van der Waals surface area contributed by atoms with Crippen molar-refractivity contribution >= 4 is 5.91 Å². The number of nitrogens with one attached hydrogen (secondary N) is 1. The standard InChI is InChI=1S/C24H28FN3O/c1-24-13-19-15-28(22(24)9-5-4-8-21(24)27-19)23(29)17-10-11-18(26-14-17)12-16-6-2-3-7-20(16)25/h2-3,6-7,10-11,14,19,21-22,27H,4-5,8-9,12-13,15H2,1H3/t19-,21-,22+,24-/m0/s1. The van der Waals surface area contributed by atoms with Gasteiger partial charge in [-0.15, -0.1) is 0 Å². The average Bonchev–Trinajstić information content (AvgIpc) is 2.88. The molecule has 2 aliphatic heterocycles. The van der Waals surface area contributed by atoms with E-state index >= 15 is 0 Å². The van der Waals surface area contributed by atoms with Crippen molar-refractivity contribution in [2.45, 2.75) is 63.6 Å². The highest BCUT2D eigenvalue weighted by Crippen LogP contribution is 2.49. The Labute approximate surface area is 171 Å². The van der Waals surface area contributed by atoms with Crippen LogP contribution < -0.4 is 5.32 Å². The number of pyridine rings is 1. The zero-order valence-corrected chi connectivity index (χ0v) is 16.9. The van der Waals surface area contributed by atoms with E-state index < -0.39 is 0 Å². The summed E-state index contributed by atoms with van der Waals surface area (Å²) in [5.41, 5.74) is 2.20. The number of piperidine rings is 1. The lowest BCUT2D eigenvalue weighted by Crippen LogP contribution is -2.55. The molecule has 4 atom stereocenters. The monoisotopic (exact) mass is 393 g/mol. The molecule has 5 heteroatoms. The molecule has 1 amide bonds. The maximum atomic E-state index is 13.9. The summed E-state index contributed by atoms with van der Waals surface area (Å²) < 4.78 is 13.9. The SMILES string of the molecule is C[C@@]12C[C@H]3CN(C(=O)c4ccc(Cc5ccccc5F)nc4)[C@@H]1CCCC[C@@H]2N3. The van der Waals surface area contributed by atoms with E-state index in [0.717, 1.165) is 18.7 Å². The zero-order valence-electron chi connectivity index (χ0n) is 16.9. The molecule has 0 spiro atoms. The predicted octanol–water partition coefficient (Wildman–Crippen LogP) is 3.95. The molecule has 2 bridgehead atoms. The maximum Gasteiger partial charge on any atom is 0.255 e. The van der Waals surface area contributed by atoms with Crippen molar-refractivity contribution in [3.8, 4) is 0 Å². The molecular formula is C24H28FN3O. The number of hydrogen-bond donors (Lipinski definition) is 1. The largest absolute Gasteiger partial charge is 0.333 e. The second kappa shape index (κ2) is 7.21. The minimum Gasteiger partial charge on any atom is -0.333 e. The van der Waals surface area contributed by atoms with Gasteiger partial charge >= 0.3 is 0 Å². The van der Waals surface area contributed by atoms with E-state index in [2.05, 4.69) is 22.1 Å². The molecule has 2 saturated heterocycles. The highest BCUT2D eigenvalue weighted by Gasteiger charge is 2.55. The first-order chi connectivity index (χ1) is 14.0. The first-order valence-electron chi connectivity index (χ1n) is 10.8. The molecule has 1 aliphatic carbocycles. The Morgan fingerprint density at radius 3 is 2.86 bits per heavy atom. The lowest BCUT2D eigenvalue weighted by molar-refractivity contribution is 0.0283. The van der Waals surface area contributed by atoms with Crippen LogP contribution in [-0.4, -0.2) is 40.5 Å². The van der Waals surface area contributed by atoms with Crippen LogP contribution in [0.5, 0.6) is 0 Å². The minimum absolute atomic E-state index is 0.0835. The van der Waals surface area contributed by atoms with E-state index in [9.17, 15) is 9.18 Å². The number of amides is 1. The molecule has 1 saturated carbocycles. The quantitative estimate of drug-likeness (QED) is 0.859. The van der Waals surface area contributed by atoms with Gasteiger partial charge in [0, 0.05) is 48.4 Å². The Morgan fingerprint density at radius 1 is 1.24 bits per heavy atom. The first kappa shape index (κ1) is 18.7. The van der Waals surface area contributed by atoms with Crippen LogP contribution in [0.15, 0.2) is 42.6 Å². The van der Waals surface area contributed by atoms with Gasteiger partial charge in [-0.3, -0.25) is 9.78 Å². The number of carbonyl (C=O) groups is 1. The summed E-state index contributed by atoms with van der Waals surface area (Å²) in [5.74, 6) is -0.137. The predicted molar refractivity (Wildman–Crippen MR) is 110 cm³/mol. The Hall–Kier alpha value is -2.27.